The van der Waals surface area contributed by atoms with Crippen LogP contribution in [0.2, 0.25) is 0 Å². The topological polar surface area (TPSA) is 55.1 Å². The molecule has 3 N–H and O–H groups in total. The van der Waals surface area contributed by atoms with Crippen molar-refractivity contribution in [3.8, 4) is 0 Å². The molecule has 3 nitrogen and oxygen atoms in total. The molecule has 0 aromatic rings. The van der Waals surface area contributed by atoms with Gasteiger partial charge in [-0.3, -0.25) is 4.79 Å². The van der Waals surface area contributed by atoms with Crippen LogP contribution < -0.4 is 11.1 Å². The third-order valence-electron chi connectivity index (χ3n) is 2.29. The molecule has 3 heteroatoms. The lowest BCUT2D eigenvalue weighted by atomic mass is 9.88. The van der Waals surface area contributed by atoms with Crippen LogP contribution in [0.25, 0.3) is 0 Å². The van der Waals surface area contributed by atoms with E-state index in [1.807, 2.05) is 20.8 Å². The lowest BCUT2D eigenvalue weighted by molar-refractivity contribution is -0.118. The molecule has 0 saturated heterocycles. The zero-order valence-electron chi connectivity index (χ0n) is 8.05. The fourth-order valence-corrected chi connectivity index (χ4v) is 0.764. The summed E-state index contributed by atoms with van der Waals surface area (Å²) in [6, 6.07) is 0. The van der Waals surface area contributed by atoms with Crippen molar-refractivity contribution in [3.63, 3.8) is 0 Å². The van der Waals surface area contributed by atoms with Gasteiger partial charge in [-0.15, -0.1) is 0 Å². The van der Waals surface area contributed by atoms with Crippen molar-refractivity contribution in [2.45, 2.75) is 26.3 Å². The van der Waals surface area contributed by atoms with Gasteiger partial charge in [0, 0.05) is 6.54 Å². The minimum absolute atomic E-state index is 0.170. The maximum Gasteiger partial charge on any atom is 0.243 e. The van der Waals surface area contributed by atoms with E-state index < -0.39 is 0 Å². The van der Waals surface area contributed by atoms with E-state index in [-0.39, 0.29) is 11.4 Å². The van der Waals surface area contributed by atoms with Crippen LogP contribution in [0, 0.1) is 5.92 Å². The molecule has 0 aromatic heterocycles. The molecule has 0 aliphatic heterocycles. The van der Waals surface area contributed by atoms with Crippen molar-refractivity contribution in [1.29, 1.82) is 0 Å². The zero-order valence-corrected chi connectivity index (χ0v) is 8.05. The molecule has 1 atom stereocenters. The van der Waals surface area contributed by atoms with E-state index in [0.29, 0.717) is 12.5 Å². The third-order valence-corrected chi connectivity index (χ3v) is 2.29. The van der Waals surface area contributed by atoms with Gasteiger partial charge < -0.3 is 11.1 Å². The van der Waals surface area contributed by atoms with E-state index in [1.54, 1.807) is 0 Å². The van der Waals surface area contributed by atoms with E-state index in [0.717, 1.165) is 0 Å². The SMILES string of the molecule is C=CC(=O)NC(C)(CN)C(C)C. The first kappa shape index (κ1) is 11.2. The summed E-state index contributed by atoms with van der Waals surface area (Å²) in [4.78, 5) is 11.0. The van der Waals surface area contributed by atoms with Gasteiger partial charge in [-0.05, 0) is 18.9 Å². The average molecular weight is 170 g/mol. The molecule has 1 unspecified atom stereocenters. The van der Waals surface area contributed by atoms with Gasteiger partial charge in [0.25, 0.3) is 0 Å². The molecule has 0 saturated carbocycles. The number of nitrogens with one attached hydrogen (secondary N) is 1. The minimum Gasteiger partial charge on any atom is -0.346 e. The molecule has 0 bridgehead atoms. The second-order valence-electron chi connectivity index (χ2n) is 3.47. The summed E-state index contributed by atoms with van der Waals surface area (Å²) in [7, 11) is 0. The molecule has 0 aromatic carbocycles. The van der Waals surface area contributed by atoms with Crippen molar-refractivity contribution in [1.82, 2.24) is 5.32 Å². The van der Waals surface area contributed by atoms with Crippen LogP contribution in [0.3, 0.4) is 0 Å². The Balaban J connectivity index is 4.33. The zero-order chi connectivity index (χ0) is 9.78. The number of nitrogens with two attached hydrogens (primary N) is 1. The van der Waals surface area contributed by atoms with Gasteiger partial charge in [0.15, 0.2) is 0 Å². The van der Waals surface area contributed by atoms with Crippen LogP contribution in [0.15, 0.2) is 12.7 Å². The molecule has 1 amide bonds. The molecule has 0 aliphatic carbocycles. The second kappa shape index (κ2) is 4.26. The van der Waals surface area contributed by atoms with E-state index in [9.17, 15) is 4.79 Å². The van der Waals surface area contributed by atoms with E-state index in [1.165, 1.54) is 6.08 Å². The Morgan fingerprint density at radius 3 is 2.50 bits per heavy atom. The lowest BCUT2D eigenvalue weighted by Gasteiger charge is -2.33. The van der Waals surface area contributed by atoms with Crippen LogP contribution in [0.5, 0.6) is 0 Å². The van der Waals surface area contributed by atoms with E-state index in [2.05, 4.69) is 11.9 Å². The van der Waals surface area contributed by atoms with Crippen molar-refractivity contribution in [3.05, 3.63) is 12.7 Å². The van der Waals surface area contributed by atoms with Crippen LogP contribution >= 0.6 is 0 Å². The number of carbonyl (C=O) groups is 1. The highest BCUT2D eigenvalue weighted by Gasteiger charge is 2.27. The van der Waals surface area contributed by atoms with Gasteiger partial charge in [-0.2, -0.15) is 0 Å². The lowest BCUT2D eigenvalue weighted by Crippen LogP contribution is -2.54. The Kier molecular flexibility index (Phi) is 3.96. The Morgan fingerprint density at radius 2 is 2.25 bits per heavy atom. The molecule has 0 spiro atoms. The van der Waals surface area contributed by atoms with Gasteiger partial charge in [0.1, 0.15) is 0 Å². The molecule has 0 radical (unpaired) electrons. The summed E-state index contributed by atoms with van der Waals surface area (Å²) in [5.41, 5.74) is 5.23. The number of carbonyl (C=O) groups excluding carboxylic acids is 1. The smallest absolute Gasteiger partial charge is 0.243 e. The minimum atomic E-state index is -0.328. The van der Waals surface area contributed by atoms with Crippen molar-refractivity contribution in [2.75, 3.05) is 6.54 Å². The van der Waals surface area contributed by atoms with Gasteiger partial charge in [0.05, 0.1) is 5.54 Å². The van der Waals surface area contributed by atoms with Gasteiger partial charge in [0.2, 0.25) is 5.91 Å². The molecule has 0 aliphatic rings. The van der Waals surface area contributed by atoms with E-state index >= 15 is 0 Å². The van der Waals surface area contributed by atoms with E-state index in [4.69, 9.17) is 5.73 Å². The number of amides is 1. The summed E-state index contributed by atoms with van der Waals surface area (Å²) < 4.78 is 0. The average Bonchev–Trinajstić information content (AvgIpc) is 2.03. The first-order chi connectivity index (χ1) is 5.46. The molecule has 70 valence electrons. The molecule has 0 rings (SSSR count). The van der Waals surface area contributed by atoms with Crippen LogP contribution in [-0.4, -0.2) is 18.0 Å². The predicted molar refractivity (Wildman–Crippen MR) is 50.6 cm³/mol. The summed E-state index contributed by atoms with van der Waals surface area (Å²) in [6.07, 6.45) is 1.26. The fourth-order valence-electron chi connectivity index (χ4n) is 0.764. The Morgan fingerprint density at radius 1 is 1.75 bits per heavy atom. The number of rotatable bonds is 4. The van der Waals surface area contributed by atoms with Crippen molar-refractivity contribution >= 4 is 5.91 Å². The largest absolute Gasteiger partial charge is 0.346 e. The molecular formula is C9H18N2O. The fraction of sp³-hybridized carbons (Fsp3) is 0.667. The maximum atomic E-state index is 11.0. The van der Waals surface area contributed by atoms with Crippen LogP contribution in [0.4, 0.5) is 0 Å². The second-order valence-corrected chi connectivity index (χ2v) is 3.47. The number of hydrogen-bond donors (Lipinski definition) is 2. The van der Waals surface area contributed by atoms with Gasteiger partial charge in [-0.1, -0.05) is 20.4 Å². The highest BCUT2D eigenvalue weighted by molar-refractivity contribution is 5.87. The highest BCUT2D eigenvalue weighted by Crippen LogP contribution is 2.14. The summed E-state index contributed by atoms with van der Waals surface area (Å²) in [5.74, 6) is 0.142. The van der Waals surface area contributed by atoms with Crippen molar-refractivity contribution < 1.29 is 4.79 Å². The summed E-state index contributed by atoms with van der Waals surface area (Å²) in [5, 5.41) is 2.81. The Labute approximate surface area is 74.0 Å². The quantitative estimate of drug-likeness (QED) is 0.609. The standard InChI is InChI=1S/C9H18N2O/c1-5-8(12)11-9(4,6-10)7(2)3/h5,7H,1,6,10H2,2-4H3,(H,11,12). The monoisotopic (exact) mass is 170 g/mol. The molecule has 0 heterocycles. The first-order valence-electron chi connectivity index (χ1n) is 4.11. The van der Waals surface area contributed by atoms with Crippen molar-refractivity contribution in [2.24, 2.45) is 11.7 Å². The maximum absolute atomic E-state index is 11.0. The van der Waals surface area contributed by atoms with Gasteiger partial charge in [-0.25, -0.2) is 0 Å². The van der Waals surface area contributed by atoms with Crippen LogP contribution in [0.1, 0.15) is 20.8 Å². The van der Waals surface area contributed by atoms with Crippen LogP contribution in [-0.2, 0) is 4.79 Å². The third kappa shape index (κ3) is 2.66. The predicted octanol–water partition coefficient (Wildman–Crippen LogP) is 0.662. The molecule has 12 heavy (non-hydrogen) atoms. The molecule has 0 fully saturated rings. The first-order valence-corrected chi connectivity index (χ1v) is 4.11. The highest BCUT2D eigenvalue weighted by atomic mass is 16.1. The summed E-state index contributed by atoms with van der Waals surface area (Å²) in [6.45, 7) is 9.80. The normalized spacial score (nSPS) is 15.4. The molecular weight excluding hydrogens is 152 g/mol. The number of hydrogen-bond acceptors (Lipinski definition) is 2. The summed E-state index contributed by atoms with van der Waals surface area (Å²) >= 11 is 0. The Hall–Kier alpha value is -0.830. The Bertz CT molecular complexity index is 177. The van der Waals surface area contributed by atoms with Gasteiger partial charge >= 0.3 is 0 Å².